The van der Waals surface area contributed by atoms with Crippen LogP contribution >= 0.6 is 0 Å². The SMILES string of the molecule is COc1ccc(N2CCCCC2CNC2CC2)nc1. The highest BCUT2D eigenvalue weighted by Crippen LogP contribution is 2.25. The molecule has 1 unspecified atom stereocenters. The standard InChI is InChI=1S/C15H23N3O/c1-19-14-7-8-15(17-11-14)18-9-3-2-4-13(18)10-16-12-5-6-12/h7-8,11-13,16H,2-6,9-10H2,1H3. The van der Waals surface area contributed by atoms with Crippen LogP contribution in [0.3, 0.4) is 0 Å². The largest absolute Gasteiger partial charge is 0.495 e. The summed E-state index contributed by atoms with van der Waals surface area (Å²) in [5, 5.41) is 3.65. The van der Waals surface area contributed by atoms with Gasteiger partial charge in [0, 0.05) is 25.2 Å². The van der Waals surface area contributed by atoms with Crippen LogP contribution < -0.4 is 15.0 Å². The van der Waals surface area contributed by atoms with Gasteiger partial charge in [-0.05, 0) is 44.2 Å². The third-order valence-corrected chi connectivity index (χ3v) is 4.10. The lowest BCUT2D eigenvalue weighted by atomic mass is 10.0. The van der Waals surface area contributed by atoms with Crippen LogP contribution in [0.15, 0.2) is 18.3 Å². The van der Waals surface area contributed by atoms with E-state index in [1.807, 2.05) is 12.3 Å². The highest BCUT2D eigenvalue weighted by Gasteiger charge is 2.27. The Kier molecular flexibility index (Phi) is 3.87. The second-order valence-electron chi connectivity index (χ2n) is 5.58. The number of ether oxygens (including phenoxy) is 1. The van der Waals surface area contributed by atoms with Gasteiger partial charge in [-0.15, -0.1) is 0 Å². The average molecular weight is 261 g/mol. The summed E-state index contributed by atoms with van der Waals surface area (Å²) < 4.78 is 5.18. The number of pyridine rings is 1. The molecular weight excluding hydrogens is 238 g/mol. The second kappa shape index (κ2) is 5.78. The number of aromatic nitrogens is 1. The quantitative estimate of drug-likeness (QED) is 0.881. The zero-order valence-corrected chi connectivity index (χ0v) is 11.6. The van der Waals surface area contributed by atoms with Gasteiger partial charge < -0.3 is 15.0 Å². The van der Waals surface area contributed by atoms with Gasteiger partial charge in [0.1, 0.15) is 11.6 Å². The molecular formula is C15H23N3O. The average Bonchev–Trinajstić information content (AvgIpc) is 3.30. The molecule has 1 aromatic rings. The molecule has 2 fully saturated rings. The van der Waals surface area contributed by atoms with Crippen molar-refractivity contribution in [1.82, 2.24) is 10.3 Å². The lowest BCUT2D eigenvalue weighted by molar-refractivity contribution is 0.411. The molecule has 1 saturated carbocycles. The fourth-order valence-electron chi connectivity index (χ4n) is 2.77. The number of anilines is 1. The second-order valence-corrected chi connectivity index (χ2v) is 5.58. The molecule has 1 aromatic heterocycles. The van der Waals surface area contributed by atoms with E-state index in [9.17, 15) is 0 Å². The van der Waals surface area contributed by atoms with Gasteiger partial charge in [-0.3, -0.25) is 0 Å². The molecule has 2 heterocycles. The lowest BCUT2D eigenvalue weighted by Gasteiger charge is -2.37. The van der Waals surface area contributed by atoms with Gasteiger partial charge >= 0.3 is 0 Å². The van der Waals surface area contributed by atoms with Gasteiger partial charge in [-0.1, -0.05) is 0 Å². The van der Waals surface area contributed by atoms with Crippen LogP contribution in [0, 0.1) is 0 Å². The monoisotopic (exact) mass is 261 g/mol. The first kappa shape index (κ1) is 12.7. The molecule has 0 spiro atoms. The van der Waals surface area contributed by atoms with Gasteiger partial charge in [0.25, 0.3) is 0 Å². The molecule has 0 radical (unpaired) electrons. The van der Waals surface area contributed by atoms with Crippen molar-refractivity contribution >= 4 is 5.82 Å². The number of hydrogen-bond donors (Lipinski definition) is 1. The van der Waals surface area contributed by atoms with Crippen molar-refractivity contribution in [2.45, 2.75) is 44.2 Å². The van der Waals surface area contributed by atoms with E-state index in [1.54, 1.807) is 7.11 Å². The van der Waals surface area contributed by atoms with Crippen LogP contribution in [-0.2, 0) is 0 Å². The third-order valence-electron chi connectivity index (χ3n) is 4.10. The van der Waals surface area contributed by atoms with E-state index in [0.717, 1.165) is 30.7 Å². The number of hydrogen-bond acceptors (Lipinski definition) is 4. The molecule has 104 valence electrons. The lowest BCUT2D eigenvalue weighted by Crippen LogP contribution is -2.46. The van der Waals surface area contributed by atoms with E-state index in [0.29, 0.717) is 6.04 Å². The Morgan fingerprint density at radius 3 is 2.89 bits per heavy atom. The minimum Gasteiger partial charge on any atom is -0.495 e. The molecule has 3 rings (SSSR count). The van der Waals surface area contributed by atoms with Crippen molar-refractivity contribution in [3.05, 3.63) is 18.3 Å². The molecule has 4 nitrogen and oxygen atoms in total. The molecule has 19 heavy (non-hydrogen) atoms. The van der Waals surface area contributed by atoms with Gasteiger partial charge in [-0.2, -0.15) is 0 Å². The number of rotatable bonds is 5. The Morgan fingerprint density at radius 1 is 1.32 bits per heavy atom. The van der Waals surface area contributed by atoms with Crippen molar-refractivity contribution in [1.29, 1.82) is 0 Å². The summed E-state index contributed by atoms with van der Waals surface area (Å²) in [7, 11) is 1.68. The van der Waals surface area contributed by atoms with Gasteiger partial charge in [0.05, 0.1) is 13.3 Å². The summed E-state index contributed by atoms with van der Waals surface area (Å²) >= 11 is 0. The molecule has 4 heteroatoms. The summed E-state index contributed by atoms with van der Waals surface area (Å²) in [6.45, 7) is 2.22. The predicted octanol–water partition coefficient (Wildman–Crippen LogP) is 2.20. The Morgan fingerprint density at radius 2 is 2.21 bits per heavy atom. The van der Waals surface area contributed by atoms with Crippen LogP contribution in [-0.4, -0.2) is 37.3 Å². The van der Waals surface area contributed by atoms with Crippen molar-refractivity contribution in [2.75, 3.05) is 25.1 Å². The van der Waals surface area contributed by atoms with Crippen molar-refractivity contribution < 1.29 is 4.74 Å². The Labute approximate surface area is 115 Å². The molecule has 1 aliphatic carbocycles. The summed E-state index contributed by atoms with van der Waals surface area (Å²) in [6, 6.07) is 5.46. The normalized spacial score (nSPS) is 23.4. The fourth-order valence-corrected chi connectivity index (χ4v) is 2.77. The van der Waals surface area contributed by atoms with E-state index < -0.39 is 0 Å². The first-order chi connectivity index (χ1) is 9.36. The zero-order chi connectivity index (χ0) is 13.1. The third kappa shape index (κ3) is 3.18. The molecule has 1 atom stereocenters. The van der Waals surface area contributed by atoms with Crippen molar-refractivity contribution in [3.63, 3.8) is 0 Å². The van der Waals surface area contributed by atoms with Crippen LogP contribution in [0.1, 0.15) is 32.1 Å². The summed E-state index contributed by atoms with van der Waals surface area (Å²) in [5.74, 6) is 1.91. The van der Waals surface area contributed by atoms with Crippen LogP contribution in [0.2, 0.25) is 0 Å². The molecule has 2 aliphatic rings. The number of nitrogens with zero attached hydrogens (tertiary/aromatic N) is 2. The molecule has 1 saturated heterocycles. The van der Waals surface area contributed by atoms with Crippen LogP contribution in [0.25, 0.3) is 0 Å². The summed E-state index contributed by atoms with van der Waals surface area (Å²) in [4.78, 5) is 7.00. The Balaban J connectivity index is 1.66. The molecule has 1 aliphatic heterocycles. The van der Waals surface area contributed by atoms with Crippen molar-refractivity contribution in [2.24, 2.45) is 0 Å². The summed E-state index contributed by atoms with van der Waals surface area (Å²) in [6.07, 6.45) is 8.40. The first-order valence-electron chi connectivity index (χ1n) is 7.37. The molecule has 0 bridgehead atoms. The highest BCUT2D eigenvalue weighted by atomic mass is 16.5. The maximum atomic E-state index is 5.18. The van der Waals surface area contributed by atoms with E-state index in [2.05, 4.69) is 21.3 Å². The predicted molar refractivity (Wildman–Crippen MR) is 76.8 cm³/mol. The molecule has 0 amide bonds. The first-order valence-corrected chi connectivity index (χ1v) is 7.37. The maximum absolute atomic E-state index is 5.18. The number of piperidine rings is 1. The smallest absolute Gasteiger partial charge is 0.137 e. The summed E-state index contributed by atoms with van der Waals surface area (Å²) in [5.41, 5.74) is 0. The topological polar surface area (TPSA) is 37.4 Å². The van der Waals surface area contributed by atoms with E-state index in [-0.39, 0.29) is 0 Å². The van der Waals surface area contributed by atoms with Gasteiger partial charge in [0.2, 0.25) is 0 Å². The van der Waals surface area contributed by atoms with E-state index in [4.69, 9.17) is 4.74 Å². The highest BCUT2D eigenvalue weighted by molar-refractivity contribution is 5.42. The fraction of sp³-hybridized carbons (Fsp3) is 0.667. The van der Waals surface area contributed by atoms with Crippen molar-refractivity contribution in [3.8, 4) is 5.75 Å². The van der Waals surface area contributed by atoms with Crippen LogP contribution in [0.4, 0.5) is 5.82 Å². The molecule has 0 aromatic carbocycles. The maximum Gasteiger partial charge on any atom is 0.137 e. The minimum absolute atomic E-state index is 0.593. The Bertz CT molecular complexity index is 402. The minimum atomic E-state index is 0.593. The number of methoxy groups -OCH3 is 1. The zero-order valence-electron chi connectivity index (χ0n) is 11.6. The van der Waals surface area contributed by atoms with E-state index in [1.165, 1.54) is 32.1 Å². The number of nitrogens with one attached hydrogen (secondary N) is 1. The Hall–Kier alpha value is -1.29. The van der Waals surface area contributed by atoms with Gasteiger partial charge in [-0.25, -0.2) is 4.98 Å². The van der Waals surface area contributed by atoms with Gasteiger partial charge in [0.15, 0.2) is 0 Å². The molecule has 1 N–H and O–H groups in total. The van der Waals surface area contributed by atoms with E-state index >= 15 is 0 Å². The van der Waals surface area contributed by atoms with Crippen LogP contribution in [0.5, 0.6) is 5.75 Å².